The molecule has 3 heteroatoms. The molecule has 3 heterocycles. The molecule has 72 valence electrons. The van der Waals surface area contributed by atoms with E-state index < -0.39 is 0 Å². The molecular formula is C11H12N2O. The number of aryl methyl sites for hydroxylation is 1. The van der Waals surface area contributed by atoms with E-state index in [4.69, 9.17) is 4.74 Å². The van der Waals surface area contributed by atoms with Crippen LogP contribution in [-0.4, -0.2) is 16.0 Å². The summed E-state index contributed by atoms with van der Waals surface area (Å²) in [4.78, 5) is 4.60. The van der Waals surface area contributed by atoms with E-state index in [0.717, 1.165) is 18.7 Å². The second-order valence-electron chi connectivity index (χ2n) is 3.74. The third kappa shape index (κ3) is 1.06. The quantitative estimate of drug-likeness (QED) is 0.629. The molecule has 0 radical (unpaired) electrons. The largest absolute Gasteiger partial charge is 0.375 e. The normalized spacial score (nSPS) is 15.8. The maximum absolute atomic E-state index is 5.43. The minimum Gasteiger partial charge on any atom is -0.375 e. The van der Waals surface area contributed by atoms with Gasteiger partial charge in [-0.3, -0.25) is 0 Å². The number of pyridine rings is 1. The van der Waals surface area contributed by atoms with Gasteiger partial charge in [-0.15, -0.1) is 0 Å². The van der Waals surface area contributed by atoms with Crippen LogP contribution in [0.3, 0.4) is 0 Å². The van der Waals surface area contributed by atoms with E-state index in [0.29, 0.717) is 6.61 Å². The fraction of sp³-hybridized carbons (Fsp3) is 0.364. The minimum atomic E-state index is 0.694. The molecule has 1 aliphatic heterocycles. The lowest BCUT2D eigenvalue weighted by Gasteiger charge is -2.11. The lowest BCUT2D eigenvalue weighted by molar-refractivity contribution is 0.106. The Kier molecular flexibility index (Phi) is 1.61. The van der Waals surface area contributed by atoms with Gasteiger partial charge in [0.1, 0.15) is 5.65 Å². The van der Waals surface area contributed by atoms with Crippen molar-refractivity contribution in [1.29, 1.82) is 0 Å². The van der Waals surface area contributed by atoms with Gasteiger partial charge in [-0.1, -0.05) is 0 Å². The molecule has 0 atom stereocenters. The van der Waals surface area contributed by atoms with Crippen molar-refractivity contribution in [1.82, 2.24) is 9.38 Å². The van der Waals surface area contributed by atoms with Crippen LogP contribution in [0.5, 0.6) is 0 Å². The molecule has 14 heavy (non-hydrogen) atoms. The Labute approximate surface area is 82.3 Å². The number of rotatable bonds is 0. The third-order valence-electron chi connectivity index (χ3n) is 2.69. The highest BCUT2D eigenvalue weighted by Gasteiger charge is 2.15. The summed E-state index contributed by atoms with van der Waals surface area (Å²) in [5.74, 6) is 0. The number of hydrogen-bond donors (Lipinski definition) is 0. The molecule has 0 bridgehead atoms. The standard InChI is InChI=1S/C11H12N2O/c1-8-2-4-13-10-7-14-5-3-9(10)12-11(13)6-8/h2,4,6H,3,5,7H2,1H3. The van der Waals surface area contributed by atoms with Crippen molar-refractivity contribution in [3.05, 3.63) is 35.3 Å². The van der Waals surface area contributed by atoms with Crippen LogP contribution in [0.1, 0.15) is 17.0 Å². The molecular weight excluding hydrogens is 176 g/mol. The fourth-order valence-corrected chi connectivity index (χ4v) is 1.94. The summed E-state index contributed by atoms with van der Waals surface area (Å²) < 4.78 is 7.56. The first-order valence-electron chi connectivity index (χ1n) is 4.89. The first-order chi connectivity index (χ1) is 6.84. The van der Waals surface area contributed by atoms with Crippen molar-refractivity contribution in [3.8, 4) is 0 Å². The Balaban J connectivity index is 2.31. The van der Waals surface area contributed by atoms with Crippen molar-refractivity contribution in [2.24, 2.45) is 0 Å². The summed E-state index contributed by atoms with van der Waals surface area (Å²) in [7, 11) is 0. The maximum Gasteiger partial charge on any atom is 0.137 e. The summed E-state index contributed by atoms with van der Waals surface area (Å²) in [5.41, 5.74) is 4.70. The van der Waals surface area contributed by atoms with E-state index in [1.54, 1.807) is 0 Å². The summed E-state index contributed by atoms with van der Waals surface area (Å²) >= 11 is 0. The second kappa shape index (κ2) is 2.82. The highest BCUT2D eigenvalue weighted by atomic mass is 16.5. The second-order valence-corrected chi connectivity index (χ2v) is 3.74. The molecule has 2 aromatic rings. The number of imidazole rings is 1. The van der Waals surface area contributed by atoms with Crippen LogP contribution < -0.4 is 0 Å². The zero-order chi connectivity index (χ0) is 9.54. The van der Waals surface area contributed by atoms with Crippen molar-refractivity contribution in [3.63, 3.8) is 0 Å². The molecule has 0 saturated heterocycles. The molecule has 0 unspecified atom stereocenters. The number of ether oxygens (including phenoxy) is 1. The lowest BCUT2D eigenvalue weighted by atomic mass is 10.2. The highest BCUT2D eigenvalue weighted by Crippen LogP contribution is 2.18. The van der Waals surface area contributed by atoms with E-state index >= 15 is 0 Å². The molecule has 1 aliphatic rings. The van der Waals surface area contributed by atoms with Crippen LogP contribution >= 0.6 is 0 Å². The maximum atomic E-state index is 5.43. The van der Waals surface area contributed by atoms with E-state index in [-0.39, 0.29) is 0 Å². The molecule has 0 aromatic carbocycles. The molecule has 0 N–H and O–H groups in total. The Morgan fingerprint density at radius 1 is 1.50 bits per heavy atom. The van der Waals surface area contributed by atoms with Crippen LogP contribution in [-0.2, 0) is 17.8 Å². The molecule has 0 saturated carbocycles. The highest BCUT2D eigenvalue weighted by molar-refractivity contribution is 5.45. The van der Waals surface area contributed by atoms with Crippen molar-refractivity contribution < 1.29 is 4.74 Å². The lowest BCUT2D eigenvalue weighted by Crippen LogP contribution is -2.10. The SMILES string of the molecule is Cc1ccn2c3c(nc2c1)CCOC3. The third-order valence-corrected chi connectivity index (χ3v) is 2.69. The number of fused-ring (bicyclic) bond motifs is 3. The van der Waals surface area contributed by atoms with Crippen molar-refractivity contribution in [2.75, 3.05) is 6.61 Å². The Morgan fingerprint density at radius 3 is 3.36 bits per heavy atom. The Morgan fingerprint density at radius 2 is 2.43 bits per heavy atom. The first-order valence-corrected chi connectivity index (χ1v) is 4.89. The topological polar surface area (TPSA) is 26.5 Å². The van der Waals surface area contributed by atoms with E-state index in [1.807, 2.05) is 0 Å². The predicted octanol–water partition coefficient (Wildman–Crippen LogP) is 1.72. The predicted molar refractivity (Wildman–Crippen MR) is 53.3 cm³/mol. The van der Waals surface area contributed by atoms with Gasteiger partial charge >= 0.3 is 0 Å². The molecule has 0 fully saturated rings. The average Bonchev–Trinajstić information content (AvgIpc) is 2.54. The molecule has 0 amide bonds. The fourth-order valence-electron chi connectivity index (χ4n) is 1.94. The van der Waals surface area contributed by atoms with Gasteiger partial charge < -0.3 is 9.14 Å². The number of nitrogens with zero attached hydrogens (tertiary/aromatic N) is 2. The van der Waals surface area contributed by atoms with E-state index in [9.17, 15) is 0 Å². The van der Waals surface area contributed by atoms with Gasteiger partial charge in [0.25, 0.3) is 0 Å². The Bertz CT molecular complexity index is 487. The summed E-state index contributed by atoms with van der Waals surface area (Å²) in [6.07, 6.45) is 3.02. The van der Waals surface area contributed by atoms with E-state index in [1.165, 1.54) is 17.0 Å². The van der Waals surface area contributed by atoms with Crippen molar-refractivity contribution in [2.45, 2.75) is 20.0 Å². The molecule has 3 rings (SSSR count). The first kappa shape index (κ1) is 8.00. The zero-order valence-corrected chi connectivity index (χ0v) is 8.16. The van der Waals surface area contributed by atoms with Crippen LogP contribution in [0.2, 0.25) is 0 Å². The van der Waals surface area contributed by atoms with Gasteiger partial charge in [-0.25, -0.2) is 4.98 Å². The summed E-state index contributed by atoms with van der Waals surface area (Å²) in [6, 6.07) is 4.21. The van der Waals surface area contributed by atoms with Gasteiger partial charge in [0, 0.05) is 12.6 Å². The van der Waals surface area contributed by atoms with Gasteiger partial charge in [0.2, 0.25) is 0 Å². The van der Waals surface area contributed by atoms with Crippen molar-refractivity contribution >= 4 is 5.65 Å². The molecule has 2 aromatic heterocycles. The number of hydrogen-bond acceptors (Lipinski definition) is 2. The van der Waals surface area contributed by atoms with Gasteiger partial charge in [0.15, 0.2) is 0 Å². The zero-order valence-electron chi connectivity index (χ0n) is 8.16. The van der Waals surface area contributed by atoms with Crippen LogP contribution in [0.25, 0.3) is 5.65 Å². The van der Waals surface area contributed by atoms with Gasteiger partial charge in [-0.05, 0) is 24.6 Å². The molecule has 3 nitrogen and oxygen atoms in total. The molecule has 0 aliphatic carbocycles. The summed E-state index contributed by atoms with van der Waals surface area (Å²) in [6.45, 7) is 3.58. The van der Waals surface area contributed by atoms with Crippen LogP contribution in [0.4, 0.5) is 0 Å². The minimum absolute atomic E-state index is 0.694. The number of aromatic nitrogens is 2. The van der Waals surface area contributed by atoms with E-state index in [2.05, 4.69) is 34.6 Å². The molecule has 0 spiro atoms. The summed E-state index contributed by atoms with van der Waals surface area (Å²) in [5, 5.41) is 0. The van der Waals surface area contributed by atoms with Gasteiger partial charge in [-0.2, -0.15) is 0 Å². The van der Waals surface area contributed by atoms with Gasteiger partial charge in [0.05, 0.1) is 24.6 Å². The van der Waals surface area contributed by atoms with Crippen LogP contribution in [0.15, 0.2) is 18.3 Å². The Hall–Kier alpha value is -1.35. The smallest absolute Gasteiger partial charge is 0.137 e. The van der Waals surface area contributed by atoms with Crippen LogP contribution in [0, 0.1) is 6.92 Å². The average molecular weight is 188 g/mol. The monoisotopic (exact) mass is 188 g/mol.